The lowest BCUT2D eigenvalue weighted by molar-refractivity contribution is -0.242. The molecule has 2 bridgehead atoms. The second-order valence-corrected chi connectivity index (χ2v) is 8.55. The summed E-state index contributed by atoms with van der Waals surface area (Å²) in [6.07, 6.45) is 9.65. The van der Waals surface area contributed by atoms with Crippen LogP contribution in [0.2, 0.25) is 0 Å². The summed E-state index contributed by atoms with van der Waals surface area (Å²) in [7, 11) is 0. The molecule has 5 nitrogen and oxygen atoms in total. The smallest absolute Gasteiger partial charge is 0.245 e. The third-order valence-corrected chi connectivity index (χ3v) is 8.11. The van der Waals surface area contributed by atoms with E-state index >= 15 is 0 Å². The SMILES string of the molecule is O=c1n(-c2ccccc2)c(=O)n2n1[C@@H]1CC[C@@H]2[C@]23CCCC[C@]12CC3. The van der Waals surface area contributed by atoms with Crippen LogP contribution in [-0.4, -0.2) is 13.9 Å². The van der Waals surface area contributed by atoms with Crippen molar-refractivity contribution in [3.05, 3.63) is 51.3 Å². The summed E-state index contributed by atoms with van der Waals surface area (Å²) in [6, 6.07) is 9.84. The summed E-state index contributed by atoms with van der Waals surface area (Å²) in [5.74, 6) is 0. The highest BCUT2D eigenvalue weighted by Crippen LogP contribution is 2.77. The molecule has 3 heterocycles. The standard InChI is InChI=1S/C20H23N3O2/c24-17-21(14-6-2-1-3-7-14)18(25)23-16-9-8-15(22(17)23)19-10-4-5-11-20(16,19)13-12-19/h1-3,6-7,15-16H,4-5,8-13H2/t15-,16-,19-,20+/m1/s1. The maximum atomic E-state index is 13.3. The fourth-order valence-electron chi connectivity index (χ4n) is 7.14. The van der Waals surface area contributed by atoms with E-state index in [4.69, 9.17) is 0 Å². The van der Waals surface area contributed by atoms with Gasteiger partial charge in [0.25, 0.3) is 0 Å². The van der Waals surface area contributed by atoms with Gasteiger partial charge in [-0.15, -0.1) is 0 Å². The summed E-state index contributed by atoms with van der Waals surface area (Å²) >= 11 is 0. The third kappa shape index (κ3) is 1.37. The zero-order valence-electron chi connectivity index (χ0n) is 14.4. The van der Waals surface area contributed by atoms with Crippen LogP contribution in [0.1, 0.15) is 63.5 Å². The molecule has 5 aliphatic rings. The van der Waals surface area contributed by atoms with Gasteiger partial charge >= 0.3 is 11.4 Å². The summed E-state index contributed by atoms with van der Waals surface area (Å²) in [6.45, 7) is 0. The zero-order chi connectivity index (χ0) is 16.8. The van der Waals surface area contributed by atoms with Crippen molar-refractivity contribution in [3.63, 3.8) is 0 Å². The Morgan fingerprint density at radius 3 is 1.76 bits per heavy atom. The normalized spacial score (nSPS) is 37.8. The van der Waals surface area contributed by atoms with Crippen molar-refractivity contribution in [2.45, 2.75) is 63.5 Å². The Bertz CT molecular complexity index is 925. The number of nitrogens with zero attached hydrogens (tertiary/aromatic N) is 3. The lowest BCUT2D eigenvalue weighted by Crippen LogP contribution is -2.69. The van der Waals surface area contributed by atoms with Crippen LogP contribution >= 0.6 is 0 Å². The largest absolute Gasteiger partial charge is 0.352 e. The Kier molecular flexibility index (Phi) is 2.48. The fraction of sp³-hybridized carbons (Fsp3) is 0.600. The van der Waals surface area contributed by atoms with Crippen LogP contribution in [0.15, 0.2) is 39.9 Å². The molecule has 0 amide bonds. The Hall–Kier alpha value is -2.04. The molecule has 0 N–H and O–H groups in total. The minimum atomic E-state index is -0.133. The molecule has 130 valence electrons. The van der Waals surface area contributed by atoms with Crippen LogP contribution in [-0.2, 0) is 0 Å². The van der Waals surface area contributed by atoms with Gasteiger partial charge in [0, 0.05) is 10.8 Å². The summed E-state index contributed by atoms with van der Waals surface area (Å²) in [5, 5.41) is 0. The molecule has 1 aromatic heterocycles. The first-order valence-corrected chi connectivity index (χ1v) is 9.71. The van der Waals surface area contributed by atoms with Crippen LogP contribution in [0.5, 0.6) is 0 Å². The van der Waals surface area contributed by atoms with E-state index in [2.05, 4.69) is 0 Å². The van der Waals surface area contributed by atoms with E-state index < -0.39 is 0 Å². The predicted octanol–water partition coefficient (Wildman–Crippen LogP) is 3.03. The van der Waals surface area contributed by atoms with E-state index in [1.165, 1.54) is 43.1 Å². The van der Waals surface area contributed by atoms with Crippen molar-refractivity contribution < 1.29 is 0 Å². The van der Waals surface area contributed by atoms with E-state index in [0.717, 1.165) is 12.8 Å². The highest BCUT2D eigenvalue weighted by atomic mass is 16.2. The minimum Gasteiger partial charge on any atom is -0.245 e. The number of para-hydroxylation sites is 1. The van der Waals surface area contributed by atoms with E-state index in [1.54, 1.807) is 0 Å². The van der Waals surface area contributed by atoms with Crippen LogP contribution in [0.3, 0.4) is 0 Å². The average molecular weight is 337 g/mol. The second kappa shape index (κ2) is 4.37. The number of aromatic nitrogens is 3. The molecule has 0 saturated heterocycles. The average Bonchev–Trinajstić information content (AvgIpc) is 2.90. The molecule has 7 rings (SSSR count). The van der Waals surface area contributed by atoms with Gasteiger partial charge in [-0.25, -0.2) is 23.5 Å². The maximum Gasteiger partial charge on any atom is 0.352 e. The molecular formula is C20H23N3O2. The van der Waals surface area contributed by atoms with Gasteiger partial charge < -0.3 is 0 Å². The second-order valence-electron chi connectivity index (χ2n) is 8.55. The fourth-order valence-corrected chi connectivity index (χ4v) is 7.14. The Morgan fingerprint density at radius 2 is 1.28 bits per heavy atom. The van der Waals surface area contributed by atoms with E-state index in [9.17, 15) is 9.59 Å². The van der Waals surface area contributed by atoms with E-state index in [-0.39, 0.29) is 34.3 Å². The molecule has 1 aromatic carbocycles. The van der Waals surface area contributed by atoms with Crippen LogP contribution in [0.25, 0.3) is 5.69 Å². The monoisotopic (exact) mass is 337 g/mol. The number of hydrogen-bond acceptors (Lipinski definition) is 2. The molecule has 4 atom stereocenters. The molecule has 3 saturated carbocycles. The minimum absolute atomic E-state index is 0.133. The van der Waals surface area contributed by atoms with Gasteiger partial charge in [-0.1, -0.05) is 31.0 Å². The molecule has 0 unspecified atom stereocenters. The van der Waals surface area contributed by atoms with Gasteiger partial charge in [0.05, 0.1) is 17.8 Å². The third-order valence-electron chi connectivity index (χ3n) is 8.11. The van der Waals surface area contributed by atoms with E-state index in [1.807, 2.05) is 39.7 Å². The van der Waals surface area contributed by atoms with Gasteiger partial charge in [-0.3, -0.25) is 0 Å². The Balaban J connectivity index is 1.65. The Morgan fingerprint density at radius 1 is 0.760 bits per heavy atom. The van der Waals surface area contributed by atoms with Crippen molar-refractivity contribution in [2.24, 2.45) is 10.8 Å². The molecule has 2 aromatic rings. The molecule has 25 heavy (non-hydrogen) atoms. The van der Waals surface area contributed by atoms with E-state index in [0.29, 0.717) is 5.69 Å². The highest BCUT2D eigenvalue weighted by Gasteiger charge is 2.72. The molecule has 3 fully saturated rings. The van der Waals surface area contributed by atoms with Crippen molar-refractivity contribution in [3.8, 4) is 5.69 Å². The lowest BCUT2D eigenvalue weighted by Gasteiger charge is -2.73. The predicted molar refractivity (Wildman–Crippen MR) is 94.2 cm³/mol. The van der Waals surface area contributed by atoms with Crippen molar-refractivity contribution in [2.75, 3.05) is 0 Å². The highest BCUT2D eigenvalue weighted by molar-refractivity contribution is 5.31. The number of hydrogen-bond donors (Lipinski definition) is 0. The first-order chi connectivity index (χ1) is 12.2. The number of rotatable bonds is 1. The summed E-state index contributed by atoms with van der Waals surface area (Å²) in [4.78, 5) is 26.5. The summed E-state index contributed by atoms with van der Waals surface area (Å²) in [5.41, 5.74) is 0.995. The van der Waals surface area contributed by atoms with Gasteiger partial charge in [0.15, 0.2) is 0 Å². The Labute approximate surface area is 145 Å². The van der Waals surface area contributed by atoms with Crippen molar-refractivity contribution in [1.82, 2.24) is 13.9 Å². The van der Waals surface area contributed by atoms with Crippen LogP contribution in [0.4, 0.5) is 0 Å². The topological polar surface area (TPSA) is 48.9 Å². The van der Waals surface area contributed by atoms with Crippen LogP contribution in [0, 0.1) is 10.8 Å². The lowest BCUT2D eigenvalue weighted by atomic mass is 9.36. The zero-order valence-corrected chi connectivity index (χ0v) is 14.4. The van der Waals surface area contributed by atoms with Crippen molar-refractivity contribution >= 4 is 0 Å². The molecule has 0 radical (unpaired) electrons. The molecule has 3 aliphatic carbocycles. The van der Waals surface area contributed by atoms with Gasteiger partial charge in [-0.2, -0.15) is 0 Å². The quantitative estimate of drug-likeness (QED) is 0.803. The van der Waals surface area contributed by atoms with Gasteiger partial charge in [0.1, 0.15) is 0 Å². The summed E-state index contributed by atoms with van der Waals surface area (Å²) < 4.78 is 5.13. The van der Waals surface area contributed by atoms with Crippen LogP contribution < -0.4 is 11.4 Å². The first-order valence-electron chi connectivity index (χ1n) is 9.71. The van der Waals surface area contributed by atoms with Gasteiger partial charge in [0.2, 0.25) is 0 Å². The first kappa shape index (κ1) is 14.2. The van der Waals surface area contributed by atoms with Gasteiger partial charge in [-0.05, 0) is 50.7 Å². The molecule has 5 heteroatoms. The number of fused-ring (bicyclic) bond motifs is 1. The number of benzene rings is 1. The molecular weight excluding hydrogens is 314 g/mol. The molecule has 0 spiro atoms. The maximum absolute atomic E-state index is 13.3. The van der Waals surface area contributed by atoms with Crippen molar-refractivity contribution in [1.29, 1.82) is 0 Å². The molecule has 2 aliphatic heterocycles.